The fourth-order valence-electron chi connectivity index (χ4n) is 1.24. The maximum atomic E-state index is 11.4. The van der Waals surface area contributed by atoms with Crippen LogP contribution in [0.2, 0.25) is 0 Å². The highest BCUT2D eigenvalue weighted by molar-refractivity contribution is 5.95. The molecule has 19 heavy (non-hydrogen) atoms. The first-order valence-corrected chi connectivity index (χ1v) is 5.05. The Morgan fingerprint density at radius 2 is 2.16 bits per heavy atom. The molecule has 0 aliphatic rings. The van der Waals surface area contributed by atoms with E-state index < -0.39 is 23.4 Å². The number of anilines is 1. The molecule has 0 fully saturated rings. The number of carboxylic acid groups (broad SMARTS) is 1. The van der Waals surface area contributed by atoms with E-state index in [-0.39, 0.29) is 16.9 Å². The van der Waals surface area contributed by atoms with Gasteiger partial charge in [-0.2, -0.15) is 0 Å². The van der Waals surface area contributed by atoms with Crippen LogP contribution in [0.15, 0.2) is 18.2 Å². The number of rotatable bonds is 6. The minimum absolute atomic E-state index is 0.104. The van der Waals surface area contributed by atoms with Crippen molar-refractivity contribution in [2.45, 2.75) is 0 Å². The van der Waals surface area contributed by atoms with Crippen molar-refractivity contribution in [3.8, 4) is 0 Å². The number of hydrogen-bond donors (Lipinski definition) is 3. The van der Waals surface area contributed by atoms with E-state index >= 15 is 0 Å². The zero-order valence-corrected chi connectivity index (χ0v) is 9.87. The summed E-state index contributed by atoms with van der Waals surface area (Å²) in [5, 5.41) is 21.5. The molecule has 1 amide bonds. The molecule has 3 N–H and O–H groups in total. The number of carbonyl (C=O) groups excluding carboxylic acids is 1. The van der Waals surface area contributed by atoms with E-state index in [1.165, 1.54) is 19.2 Å². The van der Waals surface area contributed by atoms with Gasteiger partial charge in [0.05, 0.1) is 4.92 Å². The molecular formula is C10H11N3O6. The van der Waals surface area contributed by atoms with Crippen molar-refractivity contribution in [3.63, 3.8) is 0 Å². The second kappa shape index (κ2) is 6.31. The molecule has 0 spiro atoms. The van der Waals surface area contributed by atoms with Gasteiger partial charge in [0.15, 0.2) is 6.61 Å². The molecule has 0 aromatic heterocycles. The van der Waals surface area contributed by atoms with Crippen molar-refractivity contribution in [2.75, 3.05) is 19.1 Å². The standard InChI is InChI=1S/C10H11N3O6/c1-11-10(16)6-2-3-8(13(17)18)7(4-6)12-19-5-9(14)15/h2-4,12H,5H2,1H3,(H,11,16)(H,14,15). The van der Waals surface area contributed by atoms with Gasteiger partial charge < -0.3 is 10.4 Å². The lowest BCUT2D eigenvalue weighted by atomic mass is 10.1. The highest BCUT2D eigenvalue weighted by atomic mass is 16.7. The van der Waals surface area contributed by atoms with Gasteiger partial charge in [-0.25, -0.2) is 4.79 Å². The van der Waals surface area contributed by atoms with Crippen molar-refractivity contribution >= 4 is 23.3 Å². The third kappa shape index (κ3) is 3.92. The predicted octanol–water partition coefficient (Wildman–Crippen LogP) is 0.382. The number of aliphatic carboxylic acids is 1. The lowest BCUT2D eigenvalue weighted by Gasteiger charge is -2.07. The quantitative estimate of drug-likeness (QED) is 0.502. The zero-order chi connectivity index (χ0) is 14.4. The van der Waals surface area contributed by atoms with Gasteiger partial charge in [-0.15, -0.1) is 0 Å². The summed E-state index contributed by atoms with van der Waals surface area (Å²) in [5.74, 6) is -1.67. The Hall–Kier alpha value is -2.68. The molecule has 0 aliphatic heterocycles. The van der Waals surface area contributed by atoms with Crippen LogP contribution in [0.25, 0.3) is 0 Å². The van der Waals surface area contributed by atoms with Crippen molar-refractivity contribution in [2.24, 2.45) is 0 Å². The van der Waals surface area contributed by atoms with Crippen LogP contribution in [-0.2, 0) is 9.63 Å². The maximum Gasteiger partial charge on any atom is 0.332 e. The molecule has 9 heteroatoms. The van der Waals surface area contributed by atoms with E-state index in [4.69, 9.17) is 5.11 Å². The van der Waals surface area contributed by atoms with Crippen LogP contribution in [0.1, 0.15) is 10.4 Å². The van der Waals surface area contributed by atoms with E-state index in [2.05, 4.69) is 15.6 Å². The molecule has 0 saturated heterocycles. The molecule has 0 bridgehead atoms. The Bertz CT molecular complexity index is 516. The van der Waals surface area contributed by atoms with Crippen LogP contribution in [0, 0.1) is 10.1 Å². The molecule has 1 aromatic rings. The second-order valence-electron chi connectivity index (χ2n) is 3.35. The van der Waals surface area contributed by atoms with Crippen molar-refractivity contribution in [1.82, 2.24) is 5.32 Å². The monoisotopic (exact) mass is 269 g/mol. The van der Waals surface area contributed by atoms with Crippen molar-refractivity contribution in [3.05, 3.63) is 33.9 Å². The molecule has 9 nitrogen and oxygen atoms in total. The topological polar surface area (TPSA) is 131 Å². The molecule has 1 rings (SSSR count). The van der Waals surface area contributed by atoms with Crippen LogP contribution in [0.3, 0.4) is 0 Å². The van der Waals surface area contributed by atoms with Crippen LogP contribution in [0.5, 0.6) is 0 Å². The lowest BCUT2D eigenvalue weighted by Crippen LogP contribution is -2.18. The number of carboxylic acids is 1. The normalized spacial score (nSPS) is 9.74. The molecule has 0 saturated carbocycles. The van der Waals surface area contributed by atoms with Gasteiger partial charge in [0.2, 0.25) is 0 Å². The Balaban J connectivity index is 2.98. The molecule has 1 aromatic carbocycles. The van der Waals surface area contributed by atoms with Crippen LogP contribution < -0.4 is 10.8 Å². The number of nitrogens with one attached hydrogen (secondary N) is 2. The molecule has 102 valence electrons. The minimum Gasteiger partial charge on any atom is -0.479 e. The number of benzene rings is 1. The Labute approximate surface area is 107 Å². The van der Waals surface area contributed by atoms with Gasteiger partial charge in [0.1, 0.15) is 5.69 Å². The van der Waals surface area contributed by atoms with Gasteiger partial charge in [0.25, 0.3) is 11.6 Å². The summed E-state index contributed by atoms with van der Waals surface area (Å²) in [6, 6.07) is 3.59. The van der Waals surface area contributed by atoms with Crippen molar-refractivity contribution in [1.29, 1.82) is 0 Å². The number of amides is 1. The molecule has 0 aliphatic carbocycles. The summed E-state index contributed by atoms with van der Waals surface area (Å²) < 4.78 is 0. The number of nitro benzene ring substituents is 1. The van der Waals surface area contributed by atoms with E-state index in [0.717, 1.165) is 6.07 Å². The van der Waals surface area contributed by atoms with E-state index in [9.17, 15) is 19.7 Å². The minimum atomic E-state index is -1.24. The highest BCUT2D eigenvalue weighted by Gasteiger charge is 2.16. The average Bonchev–Trinajstić information content (AvgIpc) is 2.37. The van der Waals surface area contributed by atoms with Gasteiger partial charge >= 0.3 is 5.97 Å². The first-order chi connectivity index (χ1) is 8.95. The van der Waals surface area contributed by atoms with Gasteiger partial charge in [-0.05, 0) is 12.1 Å². The lowest BCUT2D eigenvalue weighted by molar-refractivity contribution is -0.384. The number of hydrogen-bond acceptors (Lipinski definition) is 6. The summed E-state index contributed by atoms with van der Waals surface area (Å²) in [4.78, 5) is 36.3. The van der Waals surface area contributed by atoms with Crippen molar-refractivity contribution < 1.29 is 24.5 Å². The first-order valence-electron chi connectivity index (χ1n) is 5.05. The molecule has 0 atom stereocenters. The highest BCUT2D eigenvalue weighted by Crippen LogP contribution is 2.25. The van der Waals surface area contributed by atoms with E-state index in [1.807, 2.05) is 0 Å². The number of nitrogens with zero attached hydrogens (tertiary/aromatic N) is 1. The third-order valence-corrected chi connectivity index (χ3v) is 2.06. The summed E-state index contributed by atoms with van der Waals surface area (Å²) in [5.41, 5.74) is 1.88. The Kier molecular flexibility index (Phi) is 4.77. The summed E-state index contributed by atoms with van der Waals surface area (Å²) in [6.07, 6.45) is 0. The second-order valence-corrected chi connectivity index (χ2v) is 3.35. The number of nitro groups is 1. The molecule has 0 radical (unpaired) electrons. The van der Waals surface area contributed by atoms with Gasteiger partial charge in [-0.1, -0.05) is 0 Å². The van der Waals surface area contributed by atoms with Crippen LogP contribution >= 0.6 is 0 Å². The third-order valence-electron chi connectivity index (χ3n) is 2.06. The predicted molar refractivity (Wildman–Crippen MR) is 63.7 cm³/mol. The summed E-state index contributed by atoms with van der Waals surface area (Å²) in [7, 11) is 1.41. The fourth-order valence-corrected chi connectivity index (χ4v) is 1.24. The maximum absolute atomic E-state index is 11.4. The molecular weight excluding hydrogens is 258 g/mol. The first kappa shape index (κ1) is 14.4. The van der Waals surface area contributed by atoms with Crippen LogP contribution in [0.4, 0.5) is 11.4 Å². The fraction of sp³-hybridized carbons (Fsp3) is 0.200. The van der Waals surface area contributed by atoms with E-state index in [0.29, 0.717) is 0 Å². The van der Waals surface area contributed by atoms with E-state index in [1.54, 1.807) is 0 Å². The Morgan fingerprint density at radius 1 is 1.47 bits per heavy atom. The van der Waals surface area contributed by atoms with Gasteiger partial charge in [0, 0.05) is 18.7 Å². The molecule has 0 unspecified atom stereocenters. The smallest absolute Gasteiger partial charge is 0.332 e. The SMILES string of the molecule is CNC(=O)c1ccc([N+](=O)[O-])c(NOCC(=O)O)c1. The largest absolute Gasteiger partial charge is 0.479 e. The summed E-state index contributed by atoms with van der Waals surface area (Å²) in [6.45, 7) is -0.679. The van der Waals surface area contributed by atoms with Crippen LogP contribution in [-0.4, -0.2) is 35.6 Å². The summed E-state index contributed by atoms with van der Waals surface area (Å²) >= 11 is 0. The zero-order valence-electron chi connectivity index (χ0n) is 9.87. The molecule has 0 heterocycles. The Morgan fingerprint density at radius 3 is 2.68 bits per heavy atom. The number of carbonyl (C=O) groups is 2. The average molecular weight is 269 g/mol. The van der Waals surface area contributed by atoms with Gasteiger partial charge in [-0.3, -0.25) is 25.2 Å².